The Hall–Kier alpha value is -1.16. The van der Waals surface area contributed by atoms with Gasteiger partial charge in [0.25, 0.3) is 0 Å². The number of aliphatic hydroxyl groups is 1. The van der Waals surface area contributed by atoms with Crippen molar-refractivity contribution < 1.29 is 14.3 Å². The van der Waals surface area contributed by atoms with E-state index in [1.165, 1.54) is 0 Å². The Labute approximate surface area is 134 Å². The van der Waals surface area contributed by atoms with Crippen LogP contribution in [-0.2, 0) is 0 Å². The molecule has 0 bridgehead atoms. The first-order valence-electron chi connectivity index (χ1n) is 6.73. The number of hydrogen-bond donors (Lipinski definition) is 1. The number of rotatable bonds is 4. The molecule has 2 aromatic rings. The highest BCUT2D eigenvalue weighted by Gasteiger charge is 2.23. The van der Waals surface area contributed by atoms with E-state index >= 15 is 0 Å². The molecule has 0 radical (unpaired) electrons. The number of halogens is 2. The first-order chi connectivity index (χ1) is 9.86. The monoisotopic (exact) mass is 328 g/mol. The first kappa shape index (κ1) is 16.2. The Balaban J connectivity index is 2.48. The Kier molecular flexibility index (Phi) is 4.87. The minimum absolute atomic E-state index is 0.410. The highest BCUT2D eigenvalue weighted by molar-refractivity contribution is 6.34. The van der Waals surface area contributed by atoms with E-state index in [1.807, 2.05) is 27.7 Å². The summed E-state index contributed by atoms with van der Waals surface area (Å²) in [5, 5.41) is 11.5. The van der Waals surface area contributed by atoms with Crippen LogP contribution in [-0.4, -0.2) is 11.7 Å². The van der Waals surface area contributed by atoms with Gasteiger partial charge in [-0.3, -0.25) is 0 Å². The van der Waals surface area contributed by atoms with E-state index in [0.717, 1.165) is 16.9 Å². The number of aryl methyl sites for hydroxylation is 2. The zero-order valence-electron chi connectivity index (χ0n) is 12.5. The maximum absolute atomic E-state index is 10.6. The van der Waals surface area contributed by atoms with Crippen LogP contribution in [0.25, 0.3) is 0 Å². The Morgan fingerprint density at radius 2 is 1.81 bits per heavy atom. The van der Waals surface area contributed by atoms with Crippen molar-refractivity contribution in [3.05, 3.63) is 50.4 Å². The summed E-state index contributed by atoms with van der Waals surface area (Å²) in [6.07, 6.45) is -0.886. The average molecular weight is 329 g/mol. The van der Waals surface area contributed by atoms with Gasteiger partial charge in [-0.2, -0.15) is 0 Å². The van der Waals surface area contributed by atoms with Crippen LogP contribution in [0.5, 0.6) is 5.75 Å². The van der Waals surface area contributed by atoms with Crippen LogP contribution in [0.2, 0.25) is 10.0 Å². The minimum Gasteiger partial charge on any atom is -0.492 e. The summed E-state index contributed by atoms with van der Waals surface area (Å²) in [5.74, 6) is 1.98. The van der Waals surface area contributed by atoms with Crippen LogP contribution in [0.4, 0.5) is 0 Å². The molecule has 1 aromatic heterocycles. The second-order valence-electron chi connectivity index (χ2n) is 4.89. The fraction of sp³-hybridized carbons (Fsp3) is 0.375. The number of ether oxygens (including phenoxy) is 1. The van der Waals surface area contributed by atoms with Crippen molar-refractivity contribution in [2.45, 2.75) is 33.8 Å². The van der Waals surface area contributed by atoms with E-state index in [9.17, 15) is 5.11 Å². The number of furan rings is 1. The van der Waals surface area contributed by atoms with Gasteiger partial charge in [0.2, 0.25) is 0 Å². The highest BCUT2D eigenvalue weighted by atomic mass is 35.5. The van der Waals surface area contributed by atoms with Crippen LogP contribution in [0, 0.1) is 20.8 Å². The molecule has 1 atom stereocenters. The summed E-state index contributed by atoms with van der Waals surface area (Å²) in [6, 6.07) is 3.27. The Morgan fingerprint density at radius 3 is 2.33 bits per heavy atom. The van der Waals surface area contributed by atoms with E-state index in [4.69, 9.17) is 32.4 Å². The normalized spacial score (nSPS) is 12.5. The van der Waals surface area contributed by atoms with E-state index in [1.54, 1.807) is 12.1 Å². The van der Waals surface area contributed by atoms with Gasteiger partial charge in [0.1, 0.15) is 23.4 Å². The van der Waals surface area contributed by atoms with E-state index < -0.39 is 6.10 Å². The topological polar surface area (TPSA) is 42.6 Å². The summed E-state index contributed by atoms with van der Waals surface area (Å²) in [4.78, 5) is 0. The van der Waals surface area contributed by atoms with Crippen molar-refractivity contribution in [1.29, 1.82) is 0 Å². The predicted molar refractivity (Wildman–Crippen MR) is 84.6 cm³/mol. The van der Waals surface area contributed by atoms with Crippen molar-refractivity contribution in [3.63, 3.8) is 0 Å². The van der Waals surface area contributed by atoms with Gasteiger partial charge in [-0.25, -0.2) is 0 Å². The number of hydrogen-bond acceptors (Lipinski definition) is 3. The first-order valence-corrected chi connectivity index (χ1v) is 7.48. The Morgan fingerprint density at radius 1 is 1.14 bits per heavy atom. The summed E-state index contributed by atoms with van der Waals surface area (Å²) >= 11 is 12.4. The minimum atomic E-state index is -0.886. The maximum Gasteiger partial charge on any atom is 0.139 e. The Bertz CT molecular complexity index is 662. The van der Waals surface area contributed by atoms with Gasteiger partial charge in [0.15, 0.2) is 0 Å². The zero-order valence-corrected chi connectivity index (χ0v) is 14.0. The molecular weight excluding hydrogens is 311 g/mol. The second kappa shape index (κ2) is 6.30. The molecule has 0 fully saturated rings. The van der Waals surface area contributed by atoms with Gasteiger partial charge in [-0.15, -0.1) is 0 Å². The van der Waals surface area contributed by atoms with Crippen LogP contribution >= 0.6 is 23.2 Å². The molecule has 2 rings (SSSR count). The van der Waals surface area contributed by atoms with Gasteiger partial charge in [-0.1, -0.05) is 23.2 Å². The molecule has 114 valence electrons. The van der Waals surface area contributed by atoms with Crippen LogP contribution < -0.4 is 4.74 Å². The van der Waals surface area contributed by atoms with Gasteiger partial charge >= 0.3 is 0 Å². The third-order valence-electron chi connectivity index (χ3n) is 3.54. The van der Waals surface area contributed by atoms with Gasteiger partial charge in [-0.05, 0) is 39.3 Å². The molecule has 1 heterocycles. The maximum atomic E-state index is 10.6. The lowest BCUT2D eigenvalue weighted by atomic mass is 9.98. The summed E-state index contributed by atoms with van der Waals surface area (Å²) in [5.41, 5.74) is 2.19. The van der Waals surface area contributed by atoms with E-state index in [-0.39, 0.29) is 0 Å². The molecule has 0 saturated heterocycles. The SMILES string of the molecule is CCOc1cc(Cl)c(C(O)c2c(C)oc(C)c2C)cc1Cl. The predicted octanol–water partition coefficient (Wildman–Crippen LogP) is 4.99. The third kappa shape index (κ3) is 3.05. The number of aliphatic hydroxyl groups excluding tert-OH is 1. The smallest absolute Gasteiger partial charge is 0.139 e. The van der Waals surface area contributed by atoms with Crippen molar-refractivity contribution >= 4 is 23.2 Å². The summed E-state index contributed by atoms with van der Waals surface area (Å²) in [6.45, 7) is 7.97. The average Bonchev–Trinajstić information content (AvgIpc) is 2.67. The standard InChI is InChI=1S/C16H18Cl2O3/c1-5-20-14-7-12(17)11(6-13(14)18)16(19)15-8(2)9(3)21-10(15)4/h6-7,16,19H,5H2,1-4H3. The lowest BCUT2D eigenvalue weighted by molar-refractivity contribution is 0.217. The molecule has 1 unspecified atom stereocenters. The fourth-order valence-electron chi connectivity index (χ4n) is 2.39. The molecule has 1 N–H and O–H groups in total. The summed E-state index contributed by atoms with van der Waals surface area (Å²) < 4.78 is 11.0. The lowest BCUT2D eigenvalue weighted by Gasteiger charge is -2.16. The van der Waals surface area contributed by atoms with Crippen LogP contribution in [0.3, 0.4) is 0 Å². The van der Waals surface area contributed by atoms with E-state index in [0.29, 0.717) is 33.7 Å². The van der Waals surface area contributed by atoms with Gasteiger partial charge in [0.05, 0.1) is 16.7 Å². The molecule has 5 heteroatoms. The van der Waals surface area contributed by atoms with Gasteiger partial charge < -0.3 is 14.3 Å². The second-order valence-corrected chi connectivity index (χ2v) is 5.71. The highest BCUT2D eigenvalue weighted by Crippen LogP contribution is 2.39. The molecule has 0 saturated carbocycles. The summed E-state index contributed by atoms with van der Waals surface area (Å²) in [7, 11) is 0. The van der Waals surface area contributed by atoms with Crippen molar-refractivity contribution in [2.75, 3.05) is 6.61 Å². The fourth-order valence-corrected chi connectivity index (χ4v) is 2.87. The van der Waals surface area contributed by atoms with Crippen LogP contribution in [0.15, 0.2) is 16.5 Å². The molecule has 3 nitrogen and oxygen atoms in total. The van der Waals surface area contributed by atoms with Crippen molar-refractivity contribution in [1.82, 2.24) is 0 Å². The molecule has 0 aliphatic rings. The zero-order chi connectivity index (χ0) is 15.7. The van der Waals surface area contributed by atoms with Crippen molar-refractivity contribution in [2.24, 2.45) is 0 Å². The molecule has 0 aliphatic carbocycles. The van der Waals surface area contributed by atoms with Crippen LogP contribution in [0.1, 0.15) is 41.2 Å². The molecular formula is C16H18Cl2O3. The van der Waals surface area contributed by atoms with Gasteiger partial charge in [0, 0.05) is 17.2 Å². The quantitative estimate of drug-likeness (QED) is 0.859. The third-order valence-corrected chi connectivity index (χ3v) is 4.16. The number of benzene rings is 1. The lowest BCUT2D eigenvalue weighted by Crippen LogP contribution is -2.04. The molecule has 21 heavy (non-hydrogen) atoms. The van der Waals surface area contributed by atoms with Crippen molar-refractivity contribution in [3.8, 4) is 5.75 Å². The van der Waals surface area contributed by atoms with E-state index in [2.05, 4.69) is 0 Å². The molecule has 0 aliphatic heterocycles. The largest absolute Gasteiger partial charge is 0.492 e. The molecule has 0 spiro atoms. The molecule has 0 amide bonds. The molecule has 1 aromatic carbocycles.